The van der Waals surface area contributed by atoms with Crippen LogP contribution in [0.3, 0.4) is 0 Å². The molecule has 1 aliphatic heterocycles. The van der Waals surface area contributed by atoms with Gasteiger partial charge in [-0.3, -0.25) is 0 Å². The van der Waals surface area contributed by atoms with Gasteiger partial charge < -0.3 is 23.7 Å². The van der Waals surface area contributed by atoms with Crippen LogP contribution >= 0.6 is 0 Å². The number of para-hydroxylation sites is 1. The summed E-state index contributed by atoms with van der Waals surface area (Å²) in [6.07, 6.45) is 3.01. The number of esters is 1. The Kier molecular flexibility index (Phi) is 9.22. The third-order valence-electron chi connectivity index (χ3n) is 8.44. The Morgan fingerprint density at radius 2 is 1.69 bits per heavy atom. The van der Waals surface area contributed by atoms with E-state index in [1.165, 1.54) is 0 Å². The lowest BCUT2D eigenvalue weighted by molar-refractivity contribution is 0.0245. The predicted octanol–water partition coefficient (Wildman–Crippen LogP) is 7.86. The number of benzene rings is 3. The molecule has 0 bridgehead atoms. The molecular formula is C36H44N2O4. The molecule has 0 amide bonds. The lowest BCUT2D eigenvalue weighted by atomic mass is 9.78. The molecule has 6 heteroatoms. The fraction of sp³-hybridized carbons (Fsp3) is 0.417. The Hall–Kier alpha value is -3.77. The average Bonchev–Trinajstić information content (AvgIpc) is 3.47. The van der Waals surface area contributed by atoms with Crippen molar-refractivity contribution in [2.75, 3.05) is 37.8 Å². The molecule has 0 spiro atoms. The van der Waals surface area contributed by atoms with Gasteiger partial charge in [0.2, 0.25) is 0 Å². The highest BCUT2D eigenvalue weighted by Gasteiger charge is 2.52. The lowest BCUT2D eigenvalue weighted by Gasteiger charge is -2.33. The van der Waals surface area contributed by atoms with E-state index >= 15 is 0 Å². The summed E-state index contributed by atoms with van der Waals surface area (Å²) in [7, 11) is 0. The Bertz CT molecular complexity index is 1540. The van der Waals surface area contributed by atoms with Gasteiger partial charge in [0.1, 0.15) is 5.75 Å². The molecule has 1 unspecified atom stereocenters. The van der Waals surface area contributed by atoms with Crippen LogP contribution in [0.25, 0.3) is 10.9 Å². The smallest absolute Gasteiger partial charge is 0.340 e. The maximum Gasteiger partial charge on any atom is 0.340 e. The minimum Gasteiger partial charge on any atom is -0.493 e. The van der Waals surface area contributed by atoms with Gasteiger partial charge in [0.25, 0.3) is 0 Å². The van der Waals surface area contributed by atoms with Gasteiger partial charge in [-0.15, -0.1) is 0 Å². The fourth-order valence-electron chi connectivity index (χ4n) is 6.44. The molecule has 2 heterocycles. The summed E-state index contributed by atoms with van der Waals surface area (Å²) in [6.45, 7) is 15.2. The minimum absolute atomic E-state index is 0.317. The van der Waals surface area contributed by atoms with E-state index in [2.05, 4.69) is 79.6 Å². The van der Waals surface area contributed by atoms with Crippen LogP contribution in [-0.4, -0.2) is 43.4 Å². The lowest BCUT2D eigenvalue weighted by Crippen LogP contribution is -2.32. The van der Waals surface area contributed by atoms with Crippen molar-refractivity contribution in [2.24, 2.45) is 0 Å². The zero-order chi connectivity index (χ0) is 29.7. The van der Waals surface area contributed by atoms with Gasteiger partial charge in [-0.1, -0.05) is 49.7 Å². The van der Waals surface area contributed by atoms with E-state index in [4.69, 9.17) is 14.2 Å². The molecule has 5 rings (SSSR count). The van der Waals surface area contributed by atoms with Crippen LogP contribution in [0.4, 0.5) is 5.69 Å². The Balaban J connectivity index is 1.77. The largest absolute Gasteiger partial charge is 0.493 e. The Morgan fingerprint density at radius 3 is 2.45 bits per heavy atom. The molecule has 0 aliphatic carbocycles. The van der Waals surface area contributed by atoms with Gasteiger partial charge in [0.05, 0.1) is 12.2 Å². The first-order valence-electron chi connectivity index (χ1n) is 15.5. The van der Waals surface area contributed by atoms with Gasteiger partial charge in [-0.05, 0) is 58.4 Å². The number of aryl methyl sites for hydroxylation is 1. The second-order valence-corrected chi connectivity index (χ2v) is 10.9. The van der Waals surface area contributed by atoms with E-state index in [1.54, 1.807) is 0 Å². The summed E-state index contributed by atoms with van der Waals surface area (Å²) in [5.41, 5.74) is 5.42. The quantitative estimate of drug-likeness (QED) is 0.114. The first kappa shape index (κ1) is 29.7. The zero-order valence-electron chi connectivity index (χ0n) is 25.7. The van der Waals surface area contributed by atoms with Crippen molar-refractivity contribution >= 4 is 22.6 Å². The van der Waals surface area contributed by atoms with Crippen molar-refractivity contribution in [3.63, 3.8) is 0 Å². The standard InChI is InChI=1S/C36H44N2O4/c1-6-10-22-37(7-2)27-20-21-31(33(25-27)41-24-15-23-40-9-4)36(30-18-13-11-16-28(30)35(39)42-36)34-26(5)38(8-3)32-19-14-12-17-29(32)34/h11-14,16-21,25H,6-10,15,22-24H2,1-5H3. The molecule has 1 aromatic heterocycles. The van der Waals surface area contributed by atoms with Crippen molar-refractivity contribution < 1.29 is 19.0 Å². The number of anilines is 1. The number of fused-ring (bicyclic) bond motifs is 2. The molecule has 0 radical (unpaired) electrons. The molecule has 6 nitrogen and oxygen atoms in total. The number of aromatic nitrogens is 1. The van der Waals surface area contributed by atoms with E-state index in [9.17, 15) is 4.79 Å². The molecule has 1 aliphatic rings. The molecule has 42 heavy (non-hydrogen) atoms. The van der Waals surface area contributed by atoms with E-state index in [-0.39, 0.29) is 5.97 Å². The summed E-state index contributed by atoms with van der Waals surface area (Å²) in [4.78, 5) is 16.0. The second kappa shape index (κ2) is 13.0. The van der Waals surface area contributed by atoms with Crippen LogP contribution < -0.4 is 9.64 Å². The molecule has 4 aromatic rings. The van der Waals surface area contributed by atoms with Crippen LogP contribution in [0.1, 0.15) is 79.7 Å². The number of carbonyl (C=O) groups excluding carboxylic acids is 1. The van der Waals surface area contributed by atoms with Gasteiger partial charge in [0, 0.05) is 84.3 Å². The minimum atomic E-state index is -1.16. The van der Waals surface area contributed by atoms with Crippen molar-refractivity contribution in [3.8, 4) is 5.75 Å². The van der Waals surface area contributed by atoms with Crippen LogP contribution in [-0.2, 0) is 21.6 Å². The normalized spacial score (nSPS) is 16.1. The molecule has 3 aromatic carbocycles. The summed E-state index contributed by atoms with van der Waals surface area (Å²) in [5, 5.41) is 1.07. The number of ether oxygens (including phenoxy) is 3. The Labute approximate surface area is 250 Å². The van der Waals surface area contributed by atoms with Crippen molar-refractivity contribution in [3.05, 3.63) is 94.7 Å². The van der Waals surface area contributed by atoms with Gasteiger partial charge in [0.15, 0.2) is 5.60 Å². The maximum atomic E-state index is 13.6. The average molecular weight is 569 g/mol. The van der Waals surface area contributed by atoms with Crippen LogP contribution in [0, 0.1) is 6.92 Å². The number of hydrogen-bond donors (Lipinski definition) is 0. The molecule has 0 saturated heterocycles. The second-order valence-electron chi connectivity index (χ2n) is 10.9. The van der Waals surface area contributed by atoms with Gasteiger partial charge >= 0.3 is 5.97 Å². The molecule has 0 fully saturated rings. The first-order chi connectivity index (χ1) is 20.5. The molecule has 1 atom stereocenters. The number of carbonyl (C=O) groups is 1. The maximum absolute atomic E-state index is 13.6. The first-order valence-corrected chi connectivity index (χ1v) is 15.5. The van der Waals surface area contributed by atoms with Crippen molar-refractivity contribution in [1.82, 2.24) is 4.57 Å². The van der Waals surface area contributed by atoms with Gasteiger partial charge in [-0.25, -0.2) is 4.79 Å². The number of hydrogen-bond acceptors (Lipinski definition) is 5. The predicted molar refractivity (Wildman–Crippen MR) is 170 cm³/mol. The number of nitrogens with zero attached hydrogens (tertiary/aromatic N) is 2. The van der Waals surface area contributed by atoms with Crippen molar-refractivity contribution in [1.29, 1.82) is 0 Å². The Morgan fingerprint density at radius 1 is 0.905 bits per heavy atom. The van der Waals surface area contributed by atoms with Crippen molar-refractivity contribution in [2.45, 2.75) is 66.0 Å². The number of cyclic esters (lactones) is 1. The molecule has 0 saturated carbocycles. The molecule has 0 N–H and O–H groups in total. The number of rotatable bonds is 14. The summed E-state index contributed by atoms with van der Waals surface area (Å²) in [5.74, 6) is 0.416. The van der Waals surface area contributed by atoms with Crippen LogP contribution in [0.5, 0.6) is 5.75 Å². The van der Waals surface area contributed by atoms with E-state index in [0.29, 0.717) is 25.4 Å². The van der Waals surface area contributed by atoms with Gasteiger partial charge in [-0.2, -0.15) is 0 Å². The third-order valence-corrected chi connectivity index (χ3v) is 8.44. The third kappa shape index (κ3) is 5.17. The van der Waals surface area contributed by atoms with Crippen LogP contribution in [0.15, 0.2) is 66.7 Å². The topological polar surface area (TPSA) is 52.9 Å². The molecule has 222 valence electrons. The van der Waals surface area contributed by atoms with E-state index < -0.39 is 5.60 Å². The molecular weight excluding hydrogens is 524 g/mol. The van der Waals surface area contributed by atoms with Crippen LogP contribution in [0.2, 0.25) is 0 Å². The SMILES string of the molecule is CCCCN(CC)c1ccc(C2(c3c(C)n(CC)c4ccccc34)OC(=O)c3ccccc32)c(OCCCOCC)c1. The van der Waals surface area contributed by atoms with E-state index in [0.717, 1.165) is 83.6 Å². The zero-order valence-corrected chi connectivity index (χ0v) is 25.7. The van der Waals surface area contributed by atoms with E-state index in [1.807, 2.05) is 31.2 Å². The summed E-state index contributed by atoms with van der Waals surface area (Å²) in [6, 6.07) is 22.6. The monoisotopic (exact) mass is 568 g/mol. The highest BCUT2D eigenvalue weighted by atomic mass is 16.6. The number of unbranched alkanes of at least 4 members (excludes halogenated alkanes) is 1. The highest BCUT2D eigenvalue weighted by Crippen LogP contribution is 2.53. The summed E-state index contributed by atoms with van der Waals surface area (Å²) < 4.78 is 21.2. The fourth-order valence-corrected chi connectivity index (χ4v) is 6.44. The highest BCUT2D eigenvalue weighted by molar-refractivity contribution is 5.99. The summed E-state index contributed by atoms with van der Waals surface area (Å²) >= 11 is 0.